The van der Waals surface area contributed by atoms with Gasteiger partial charge in [-0.1, -0.05) is 6.08 Å². The van der Waals surface area contributed by atoms with Crippen molar-refractivity contribution in [3.05, 3.63) is 28.2 Å². The number of rotatable bonds is 1. The summed E-state index contributed by atoms with van der Waals surface area (Å²) in [5, 5.41) is 0. The molecule has 0 N–H and O–H groups in total. The Labute approximate surface area is 98.0 Å². The molecule has 0 saturated heterocycles. The molecular formula is C12H13BrO2. The first-order valence-corrected chi connectivity index (χ1v) is 5.57. The van der Waals surface area contributed by atoms with Gasteiger partial charge in [0, 0.05) is 11.6 Å². The molecule has 2 nitrogen and oxygen atoms in total. The fourth-order valence-corrected chi connectivity index (χ4v) is 2.06. The predicted molar refractivity (Wildman–Crippen MR) is 64.4 cm³/mol. The average Bonchev–Trinajstić information content (AvgIpc) is 2.17. The van der Waals surface area contributed by atoms with Gasteiger partial charge in [-0.25, -0.2) is 0 Å². The summed E-state index contributed by atoms with van der Waals surface area (Å²) in [5.41, 5.74) is 0.827. The van der Waals surface area contributed by atoms with E-state index in [9.17, 15) is 0 Å². The van der Waals surface area contributed by atoms with Crippen molar-refractivity contribution in [2.45, 2.75) is 19.4 Å². The van der Waals surface area contributed by atoms with E-state index in [0.717, 1.165) is 21.5 Å². The topological polar surface area (TPSA) is 18.5 Å². The Bertz CT molecular complexity index is 422. The number of ether oxygens (including phenoxy) is 2. The zero-order valence-corrected chi connectivity index (χ0v) is 10.6. The van der Waals surface area contributed by atoms with E-state index < -0.39 is 0 Å². The molecule has 1 aliphatic rings. The van der Waals surface area contributed by atoms with Gasteiger partial charge in [-0.05, 0) is 41.9 Å². The highest BCUT2D eigenvalue weighted by molar-refractivity contribution is 9.10. The van der Waals surface area contributed by atoms with Crippen LogP contribution in [0.3, 0.4) is 0 Å². The van der Waals surface area contributed by atoms with Gasteiger partial charge in [0.25, 0.3) is 0 Å². The number of methoxy groups -OCH3 is 1. The lowest BCUT2D eigenvalue weighted by Crippen LogP contribution is -2.27. The van der Waals surface area contributed by atoms with Crippen molar-refractivity contribution in [1.82, 2.24) is 0 Å². The third-order valence-electron chi connectivity index (χ3n) is 2.32. The monoisotopic (exact) mass is 268 g/mol. The third-order valence-corrected chi connectivity index (χ3v) is 2.94. The Morgan fingerprint density at radius 3 is 2.73 bits per heavy atom. The maximum atomic E-state index is 5.83. The zero-order chi connectivity index (χ0) is 11.1. The second-order valence-corrected chi connectivity index (χ2v) is 4.92. The Morgan fingerprint density at radius 1 is 1.33 bits per heavy atom. The first-order valence-electron chi connectivity index (χ1n) is 4.77. The lowest BCUT2D eigenvalue weighted by atomic mass is 10.0. The van der Waals surface area contributed by atoms with Crippen molar-refractivity contribution >= 4 is 22.0 Å². The molecule has 1 heterocycles. The van der Waals surface area contributed by atoms with Gasteiger partial charge in [0.05, 0.1) is 11.6 Å². The molecule has 0 saturated carbocycles. The maximum absolute atomic E-state index is 5.83. The fourth-order valence-electron chi connectivity index (χ4n) is 1.53. The third kappa shape index (κ3) is 2.02. The largest absolute Gasteiger partial charge is 0.495 e. The number of halogens is 1. The van der Waals surface area contributed by atoms with E-state index in [1.165, 1.54) is 0 Å². The van der Waals surface area contributed by atoms with Gasteiger partial charge in [0.15, 0.2) is 0 Å². The highest BCUT2D eigenvalue weighted by Crippen LogP contribution is 2.38. The van der Waals surface area contributed by atoms with E-state index in [0.29, 0.717) is 0 Å². The zero-order valence-electron chi connectivity index (χ0n) is 9.00. The Balaban J connectivity index is 2.49. The van der Waals surface area contributed by atoms with Crippen molar-refractivity contribution in [3.63, 3.8) is 0 Å². The van der Waals surface area contributed by atoms with Gasteiger partial charge < -0.3 is 9.47 Å². The van der Waals surface area contributed by atoms with E-state index in [1.54, 1.807) is 7.11 Å². The molecule has 3 heteroatoms. The van der Waals surface area contributed by atoms with Crippen LogP contribution in [0.2, 0.25) is 0 Å². The van der Waals surface area contributed by atoms with Crippen LogP contribution in [-0.2, 0) is 0 Å². The molecule has 1 aromatic rings. The van der Waals surface area contributed by atoms with Crippen molar-refractivity contribution < 1.29 is 9.47 Å². The summed E-state index contributed by atoms with van der Waals surface area (Å²) in [4.78, 5) is 0. The summed E-state index contributed by atoms with van der Waals surface area (Å²) in [5.74, 6) is 1.66. The molecule has 0 atom stereocenters. The maximum Gasteiger partial charge on any atom is 0.136 e. The predicted octanol–water partition coefficient (Wildman–Crippen LogP) is 3.64. The SMILES string of the molecule is COc1cc2c(cc1Br)C=CC(C)(C)O2. The molecule has 0 fully saturated rings. The summed E-state index contributed by atoms with van der Waals surface area (Å²) in [6.45, 7) is 4.06. The lowest BCUT2D eigenvalue weighted by molar-refractivity contribution is 0.158. The summed E-state index contributed by atoms with van der Waals surface area (Å²) in [7, 11) is 1.65. The van der Waals surface area contributed by atoms with Crippen LogP contribution in [-0.4, -0.2) is 12.7 Å². The van der Waals surface area contributed by atoms with Crippen LogP contribution in [0, 0.1) is 0 Å². The lowest BCUT2D eigenvalue weighted by Gasteiger charge is -2.28. The molecule has 80 valence electrons. The minimum atomic E-state index is -0.244. The van der Waals surface area contributed by atoms with Crippen LogP contribution in [0.5, 0.6) is 11.5 Å². The van der Waals surface area contributed by atoms with Crippen LogP contribution in [0.1, 0.15) is 19.4 Å². The quantitative estimate of drug-likeness (QED) is 0.774. The van der Waals surface area contributed by atoms with Gasteiger partial charge >= 0.3 is 0 Å². The molecular weight excluding hydrogens is 256 g/mol. The van der Waals surface area contributed by atoms with Crippen molar-refractivity contribution in [2.75, 3.05) is 7.11 Å². The molecule has 0 aromatic heterocycles. The van der Waals surface area contributed by atoms with Crippen molar-refractivity contribution in [3.8, 4) is 11.5 Å². The van der Waals surface area contributed by atoms with E-state index in [-0.39, 0.29) is 5.60 Å². The van der Waals surface area contributed by atoms with Crippen LogP contribution in [0.4, 0.5) is 0 Å². The molecule has 0 radical (unpaired) electrons. The first-order chi connectivity index (χ1) is 7.02. The van der Waals surface area contributed by atoms with Crippen molar-refractivity contribution in [2.24, 2.45) is 0 Å². The second-order valence-electron chi connectivity index (χ2n) is 4.06. The van der Waals surface area contributed by atoms with E-state index in [4.69, 9.17) is 9.47 Å². The standard InChI is InChI=1S/C12H13BrO2/c1-12(2)5-4-8-6-9(13)11(14-3)7-10(8)15-12/h4-7H,1-3H3. The van der Waals surface area contributed by atoms with E-state index in [1.807, 2.05) is 32.1 Å². The number of hydrogen-bond donors (Lipinski definition) is 0. The van der Waals surface area contributed by atoms with Gasteiger partial charge in [0.2, 0.25) is 0 Å². The molecule has 1 aliphatic heterocycles. The molecule has 0 amide bonds. The van der Waals surface area contributed by atoms with Crippen LogP contribution < -0.4 is 9.47 Å². The van der Waals surface area contributed by atoms with Crippen molar-refractivity contribution in [1.29, 1.82) is 0 Å². The Kier molecular flexibility index (Phi) is 2.51. The number of fused-ring (bicyclic) bond motifs is 1. The minimum Gasteiger partial charge on any atom is -0.495 e. The summed E-state index contributed by atoms with van der Waals surface area (Å²) in [6, 6.07) is 3.91. The summed E-state index contributed by atoms with van der Waals surface area (Å²) >= 11 is 3.45. The smallest absolute Gasteiger partial charge is 0.136 e. The number of hydrogen-bond acceptors (Lipinski definition) is 2. The fraction of sp³-hybridized carbons (Fsp3) is 0.333. The summed E-state index contributed by atoms with van der Waals surface area (Å²) < 4.78 is 12.0. The van der Waals surface area contributed by atoms with Gasteiger partial charge in [0.1, 0.15) is 17.1 Å². The molecule has 1 aromatic carbocycles. The average molecular weight is 269 g/mol. The normalized spacial score (nSPS) is 16.8. The molecule has 15 heavy (non-hydrogen) atoms. The highest BCUT2D eigenvalue weighted by atomic mass is 79.9. The van der Waals surface area contributed by atoms with Crippen LogP contribution in [0.25, 0.3) is 6.08 Å². The first kappa shape index (κ1) is 10.6. The van der Waals surface area contributed by atoms with E-state index in [2.05, 4.69) is 22.0 Å². The second kappa shape index (κ2) is 3.56. The minimum absolute atomic E-state index is 0.244. The summed E-state index contributed by atoms with van der Waals surface area (Å²) in [6.07, 6.45) is 4.12. The van der Waals surface area contributed by atoms with E-state index >= 15 is 0 Å². The van der Waals surface area contributed by atoms with Crippen LogP contribution in [0.15, 0.2) is 22.7 Å². The molecule has 0 spiro atoms. The Morgan fingerprint density at radius 2 is 2.07 bits per heavy atom. The molecule has 2 rings (SSSR count). The Hall–Kier alpha value is -0.960. The van der Waals surface area contributed by atoms with Gasteiger partial charge in [-0.2, -0.15) is 0 Å². The van der Waals surface area contributed by atoms with Gasteiger partial charge in [-0.15, -0.1) is 0 Å². The van der Waals surface area contributed by atoms with Gasteiger partial charge in [-0.3, -0.25) is 0 Å². The van der Waals surface area contributed by atoms with Crippen LogP contribution >= 0.6 is 15.9 Å². The molecule has 0 bridgehead atoms. The molecule has 0 unspecified atom stereocenters. The molecule has 0 aliphatic carbocycles. The highest BCUT2D eigenvalue weighted by Gasteiger charge is 2.22. The number of benzene rings is 1.